The summed E-state index contributed by atoms with van der Waals surface area (Å²) in [6, 6.07) is 20.4. The maximum Gasteiger partial charge on any atom is 0.274 e. The van der Waals surface area contributed by atoms with Gasteiger partial charge >= 0.3 is 0 Å². The highest BCUT2D eigenvalue weighted by atomic mass is 16.2. The highest BCUT2D eigenvalue weighted by molar-refractivity contribution is 5.94. The Hall–Kier alpha value is -3.74. The van der Waals surface area contributed by atoms with E-state index in [1.54, 1.807) is 0 Å². The molecule has 7 nitrogen and oxygen atoms in total. The zero-order chi connectivity index (χ0) is 19.5. The van der Waals surface area contributed by atoms with Crippen LogP contribution in [-0.2, 0) is 4.79 Å². The molecule has 0 aliphatic carbocycles. The van der Waals surface area contributed by atoms with Gasteiger partial charge in [0, 0.05) is 11.6 Å². The van der Waals surface area contributed by atoms with Gasteiger partial charge in [-0.15, -0.1) is 0 Å². The van der Waals surface area contributed by atoms with Gasteiger partial charge in [-0.05, 0) is 12.0 Å². The SMILES string of the molecule is CCC(C(=O)Nc1nc2nc(-c3ccccc3)cc(=O)n2[nH]1)c1ccccc1. The number of nitrogens with one attached hydrogen (secondary N) is 2. The lowest BCUT2D eigenvalue weighted by Gasteiger charge is -2.13. The number of aromatic amines is 1. The van der Waals surface area contributed by atoms with E-state index >= 15 is 0 Å². The van der Waals surface area contributed by atoms with Gasteiger partial charge in [-0.3, -0.25) is 20.0 Å². The van der Waals surface area contributed by atoms with Gasteiger partial charge in [-0.2, -0.15) is 9.50 Å². The smallest absolute Gasteiger partial charge is 0.274 e. The first-order valence-corrected chi connectivity index (χ1v) is 9.06. The third-order valence-electron chi connectivity index (χ3n) is 4.57. The van der Waals surface area contributed by atoms with Crippen molar-refractivity contribution >= 4 is 17.6 Å². The minimum atomic E-state index is -0.307. The Morgan fingerprint density at radius 2 is 1.75 bits per heavy atom. The molecular formula is C21H19N5O2. The Morgan fingerprint density at radius 1 is 1.07 bits per heavy atom. The summed E-state index contributed by atoms with van der Waals surface area (Å²) in [6.07, 6.45) is 0.645. The van der Waals surface area contributed by atoms with Gasteiger partial charge in [0.2, 0.25) is 11.9 Å². The van der Waals surface area contributed by atoms with Gasteiger partial charge in [0.1, 0.15) is 0 Å². The first kappa shape index (κ1) is 17.7. The Bertz CT molecular complexity index is 1170. The summed E-state index contributed by atoms with van der Waals surface area (Å²) in [5.41, 5.74) is 1.99. The van der Waals surface area contributed by atoms with E-state index in [2.05, 4.69) is 20.4 Å². The molecule has 0 saturated carbocycles. The van der Waals surface area contributed by atoms with Gasteiger partial charge in [-0.25, -0.2) is 4.98 Å². The number of aromatic nitrogens is 4. The summed E-state index contributed by atoms with van der Waals surface area (Å²) in [7, 11) is 0. The van der Waals surface area contributed by atoms with Crippen LogP contribution >= 0.6 is 0 Å². The van der Waals surface area contributed by atoms with Crippen molar-refractivity contribution in [3.05, 3.63) is 82.6 Å². The Balaban J connectivity index is 1.64. The number of carbonyl (C=O) groups is 1. The number of fused-ring (bicyclic) bond motifs is 1. The normalized spacial score (nSPS) is 12.0. The molecule has 140 valence electrons. The van der Waals surface area contributed by atoms with Crippen molar-refractivity contribution in [2.75, 3.05) is 5.32 Å². The molecule has 28 heavy (non-hydrogen) atoms. The molecule has 1 amide bonds. The summed E-state index contributed by atoms with van der Waals surface area (Å²) < 4.78 is 1.21. The zero-order valence-electron chi connectivity index (χ0n) is 15.3. The third kappa shape index (κ3) is 3.42. The summed E-state index contributed by atoms with van der Waals surface area (Å²) in [4.78, 5) is 33.8. The highest BCUT2D eigenvalue weighted by Crippen LogP contribution is 2.21. The molecule has 0 radical (unpaired) electrons. The van der Waals surface area contributed by atoms with Crippen molar-refractivity contribution in [3.8, 4) is 11.3 Å². The number of nitrogens with zero attached hydrogens (tertiary/aromatic N) is 3. The standard InChI is InChI=1S/C21H19N5O2/c1-2-16(14-9-5-3-6-10-14)19(28)23-20-24-21-22-17(13-18(27)26(21)25-20)15-11-7-4-8-12-15/h3-13,16H,2H2,1H3,(H2,22,23,24,25,28). The molecule has 0 saturated heterocycles. The number of amides is 1. The first-order valence-electron chi connectivity index (χ1n) is 9.06. The van der Waals surface area contributed by atoms with E-state index in [-0.39, 0.29) is 29.1 Å². The molecule has 4 rings (SSSR count). The number of H-pyrrole nitrogens is 1. The maximum absolute atomic E-state index is 12.7. The lowest BCUT2D eigenvalue weighted by molar-refractivity contribution is -0.117. The average molecular weight is 373 g/mol. The van der Waals surface area contributed by atoms with Crippen LogP contribution in [0.25, 0.3) is 17.0 Å². The Kier molecular flexibility index (Phi) is 4.72. The van der Waals surface area contributed by atoms with E-state index in [0.29, 0.717) is 12.1 Å². The fourth-order valence-corrected chi connectivity index (χ4v) is 3.16. The molecule has 2 N–H and O–H groups in total. The van der Waals surface area contributed by atoms with Gasteiger partial charge in [0.15, 0.2) is 0 Å². The minimum Gasteiger partial charge on any atom is -0.294 e. The third-order valence-corrected chi connectivity index (χ3v) is 4.57. The fraction of sp³-hybridized carbons (Fsp3) is 0.143. The topological polar surface area (TPSA) is 92.2 Å². The molecule has 0 aliphatic heterocycles. The number of anilines is 1. The van der Waals surface area contributed by atoms with Gasteiger partial charge in [0.25, 0.3) is 11.3 Å². The summed E-state index contributed by atoms with van der Waals surface area (Å²) in [5.74, 6) is -0.105. The van der Waals surface area contributed by atoms with Crippen LogP contribution in [0.2, 0.25) is 0 Å². The van der Waals surface area contributed by atoms with Crippen LogP contribution in [0.4, 0.5) is 5.95 Å². The van der Waals surface area contributed by atoms with Crippen LogP contribution in [0.15, 0.2) is 71.5 Å². The number of carbonyl (C=O) groups excluding carboxylic acids is 1. The molecule has 2 heterocycles. The predicted octanol–water partition coefficient (Wildman–Crippen LogP) is 3.22. The van der Waals surface area contributed by atoms with Gasteiger partial charge < -0.3 is 0 Å². The molecule has 2 aromatic carbocycles. The molecule has 0 aliphatic rings. The lowest BCUT2D eigenvalue weighted by atomic mass is 9.96. The van der Waals surface area contributed by atoms with E-state index in [0.717, 1.165) is 11.1 Å². The van der Waals surface area contributed by atoms with Crippen molar-refractivity contribution in [2.24, 2.45) is 0 Å². The zero-order valence-corrected chi connectivity index (χ0v) is 15.3. The van der Waals surface area contributed by atoms with Gasteiger partial charge in [-0.1, -0.05) is 67.6 Å². The van der Waals surface area contributed by atoms with Crippen LogP contribution in [-0.4, -0.2) is 25.5 Å². The van der Waals surface area contributed by atoms with E-state index in [4.69, 9.17) is 0 Å². The second-order valence-corrected chi connectivity index (χ2v) is 6.41. The van der Waals surface area contributed by atoms with Crippen LogP contribution < -0.4 is 10.9 Å². The van der Waals surface area contributed by atoms with Crippen molar-refractivity contribution in [3.63, 3.8) is 0 Å². The average Bonchev–Trinajstić information content (AvgIpc) is 3.13. The minimum absolute atomic E-state index is 0.189. The predicted molar refractivity (Wildman–Crippen MR) is 107 cm³/mol. The van der Waals surface area contributed by atoms with E-state index in [9.17, 15) is 9.59 Å². The number of hydrogen-bond donors (Lipinski definition) is 2. The second kappa shape index (κ2) is 7.48. The summed E-state index contributed by atoms with van der Waals surface area (Å²) in [6.45, 7) is 1.95. The monoisotopic (exact) mass is 373 g/mol. The van der Waals surface area contributed by atoms with E-state index in [1.807, 2.05) is 67.6 Å². The molecular weight excluding hydrogens is 354 g/mol. The molecule has 0 spiro atoms. The highest BCUT2D eigenvalue weighted by Gasteiger charge is 2.20. The quantitative estimate of drug-likeness (QED) is 0.562. The summed E-state index contributed by atoms with van der Waals surface area (Å²) >= 11 is 0. The van der Waals surface area contributed by atoms with Crippen molar-refractivity contribution in [1.82, 2.24) is 19.6 Å². The van der Waals surface area contributed by atoms with Crippen LogP contribution in [0.5, 0.6) is 0 Å². The van der Waals surface area contributed by atoms with Crippen LogP contribution in [0.3, 0.4) is 0 Å². The molecule has 7 heteroatoms. The Labute approximate surface area is 161 Å². The van der Waals surface area contributed by atoms with Crippen molar-refractivity contribution in [1.29, 1.82) is 0 Å². The summed E-state index contributed by atoms with van der Waals surface area (Å²) in [5, 5.41) is 5.56. The fourth-order valence-electron chi connectivity index (χ4n) is 3.16. The maximum atomic E-state index is 12.7. The molecule has 2 aromatic heterocycles. The van der Waals surface area contributed by atoms with Crippen LogP contribution in [0.1, 0.15) is 24.8 Å². The largest absolute Gasteiger partial charge is 0.294 e. The molecule has 1 unspecified atom stereocenters. The second-order valence-electron chi connectivity index (χ2n) is 6.41. The van der Waals surface area contributed by atoms with Crippen molar-refractivity contribution in [2.45, 2.75) is 19.3 Å². The number of hydrogen-bond acceptors (Lipinski definition) is 4. The lowest BCUT2D eigenvalue weighted by Crippen LogP contribution is -2.21. The molecule has 4 aromatic rings. The van der Waals surface area contributed by atoms with E-state index < -0.39 is 0 Å². The number of benzene rings is 2. The van der Waals surface area contributed by atoms with E-state index in [1.165, 1.54) is 10.6 Å². The number of rotatable bonds is 5. The molecule has 0 bridgehead atoms. The molecule has 0 fully saturated rings. The van der Waals surface area contributed by atoms with Crippen molar-refractivity contribution < 1.29 is 4.79 Å². The first-order chi connectivity index (χ1) is 13.7. The van der Waals surface area contributed by atoms with Gasteiger partial charge in [0.05, 0.1) is 11.6 Å². The molecule has 1 atom stereocenters. The van der Waals surface area contributed by atoms with Crippen LogP contribution in [0, 0.1) is 0 Å². The Morgan fingerprint density at radius 3 is 2.43 bits per heavy atom.